The van der Waals surface area contributed by atoms with Crippen molar-refractivity contribution in [1.29, 1.82) is 0 Å². The molecule has 0 saturated carbocycles. The number of hydrogen-bond donors (Lipinski definition) is 1. The summed E-state index contributed by atoms with van der Waals surface area (Å²) in [5.41, 5.74) is 1.53. The van der Waals surface area contributed by atoms with Crippen LogP contribution in [0.1, 0.15) is 0 Å². The molecule has 4 nitrogen and oxygen atoms in total. The smallest absolute Gasteiger partial charge is 0.312 e. The van der Waals surface area contributed by atoms with Crippen molar-refractivity contribution in [2.45, 2.75) is 0 Å². The first-order valence-electron chi connectivity index (χ1n) is 3.81. The molecule has 0 amide bonds. The van der Waals surface area contributed by atoms with Gasteiger partial charge in [-0.3, -0.25) is 4.98 Å². The molecule has 1 N–H and O–H groups in total. The number of nitrogens with one attached hydrogen (secondary N) is 1. The Kier molecular flexibility index (Phi) is 1.88. The largest absolute Gasteiger partial charge is 0.344 e. The van der Waals surface area contributed by atoms with Crippen molar-refractivity contribution < 1.29 is 0 Å². The Labute approximate surface area is 74.3 Å². The molecule has 4 heteroatoms. The maximum atomic E-state index is 10.7. The molecule has 2 aromatic heterocycles. The van der Waals surface area contributed by atoms with Crippen LogP contribution in [0.15, 0.2) is 41.7 Å². The molecule has 0 aliphatic carbocycles. The van der Waals surface area contributed by atoms with Crippen LogP contribution in [0.25, 0.3) is 11.1 Å². The molecule has 0 saturated heterocycles. The molecule has 0 spiro atoms. The van der Waals surface area contributed by atoms with Gasteiger partial charge in [0.1, 0.15) is 0 Å². The second-order valence-corrected chi connectivity index (χ2v) is 2.54. The Morgan fingerprint density at radius 2 is 1.92 bits per heavy atom. The number of pyridine rings is 1. The van der Waals surface area contributed by atoms with Gasteiger partial charge in [0.2, 0.25) is 0 Å². The zero-order valence-electron chi connectivity index (χ0n) is 6.77. The fourth-order valence-electron chi connectivity index (χ4n) is 1.04. The van der Waals surface area contributed by atoms with Crippen molar-refractivity contribution in [1.82, 2.24) is 15.0 Å². The van der Waals surface area contributed by atoms with Crippen molar-refractivity contribution in [3.8, 4) is 11.1 Å². The van der Waals surface area contributed by atoms with E-state index >= 15 is 0 Å². The van der Waals surface area contributed by atoms with Gasteiger partial charge in [-0.1, -0.05) is 0 Å². The highest BCUT2D eigenvalue weighted by molar-refractivity contribution is 5.60. The van der Waals surface area contributed by atoms with Crippen molar-refractivity contribution in [3.63, 3.8) is 0 Å². The molecule has 0 aliphatic heterocycles. The number of nitrogens with zero attached hydrogens (tertiary/aromatic N) is 2. The van der Waals surface area contributed by atoms with Gasteiger partial charge in [0, 0.05) is 30.4 Å². The van der Waals surface area contributed by atoms with Gasteiger partial charge >= 0.3 is 5.69 Å². The van der Waals surface area contributed by atoms with Crippen LogP contribution in [-0.4, -0.2) is 15.0 Å². The van der Waals surface area contributed by atoms with Crippen LogP contribution in [0.4, 0.5) is 0 Å². The van der Waals surface area contributed by atoms with Crippen molar-refractivity contribution in [2.75, 3.05) is 0 Å². The lowest BCUT2D eigenvalue weighted by atomic mass is 10.1. The quantitative estimate of drug-likeness (QED) is 0.694. The minimum Gasteiger partial charge on any atom is -0.312 e. The van der Waals surface area contributed by atoms with Gasteiger partial charge < -0.3 is 4.98 Å². The van der Waals surface area contributed by atoms with Crippen LogP contribution in [0.3, 0.4) is 0 Å². The number of aromatic amines is 1. The fraction of sp³-hybridized carbons (Fsp3) is 0. The number of H-pyrrole nitrogens is 1. The standard InChI is InChI=1S/C9H7N3O/c13-9-11-5-8(6-12-9)7-1-3-10-4-2-7/h1-6H,(H,11,12,13). The van der Waals surface area contributed by atoms with Crippen LogP contribution < -0.4 is 5.69 Å². The van der Waals surface area contributed by atoms with Gasteiger partial charge in [-0.25, -0.2) is 9.78 Å². The highest BCUT2D eigenvalue weighted by Gasteiger charge is 1.95. The van der Waals surface area contributed by atoms with Crippen molar-refractivity contribution >= 4 is 0 Å². The van der Waals surface area contributed by atoms with E-state index in [1.165, 1.54) is 6.20 Å². The average molecular weight is 173 g/mol. The topological polar surface area (TPSA) is 58.6 Å². The summed E-state index contributed by atoms with van der Waals surface area (Å²) in [7, 11) is 0. The highest BCUT2D eigenvalue weighted by Crippen LogP contribution is 2.13. The fourth-order valence-corrected chi connectivity index (χ4v) is 1.04. The molecular weight excluding hydrogens is 166 g/mol. The van der Waals surface area contributed by atoms with E-state index in [0.717, 1.165) is 11.1 Å². The Hall–Kier alpha value is -1.97. The Morgan fingerprint density at radius 3 is 2.54 bits per heavy atom. The van der Waals surface area contributed by atoms with Gasteiger partial charge in [0.15, 0.2) is 0 Å². The molecule has 0 bridgehead atoms. The summed E-state index contributed by atoms with van der Waals surface area (Å²) >= 11 is 0. The molecule has 0 unspecified atom stereocenters. The van der Waals surface area contributed by atoms with E-state index in [4.69, 9.17) is 0 Å². The zero-order chi connectivity index (χ0) is 9.10. The SMILES string of the molecule is O=c1ncc(-c2ccncc2)c[nH]1. The molecule has 0 aliphatic rings. The summed E-state index contributed by atoms with van der Waals surface area (Å²) in [6, 6.07) is 3.71. The Morgan fingerprint density at radius 1 is 1.15 bits per heavy atom. The molecule has 0 fully saturated rings. The Bertz CT molecular complexity index is 429. The van der Waals surface area contributed by atoms with E-state index in [1.807, 2.05) is 12.1 Å². The van der Waals surface area contributed by atoms with Crippen molar-refractivity contribution in [3.05, 3.63) is 47.4 Å². The summed E-state index contributed by atoms with van der Waals surface area (Å²) in [4.78, 5) is 20.7. The molecule has 2 rings (SSSR count). The van der Waals surface area contributed by atoms with E-state index < -0.39 is 0 Å². The van der Waals surface area contributed by atoms with E-state index in [0.29, 0.717) is 0 Å². The summed E-state index contributed by atoms with van der Waals surface area (Å²) in [5, 5.41) is 0. The van der Waals surface area contributed by atoms with E-state index in [-0.39, 0.29) is 5.69 Å². The molecule has 0 atom stereocenters. The third-order valence-electron chi connectivity index (χ3n) is 1.69. The second-order valence-electron chi connectivity index (χ2n) is 2.54. The number of rotatable bonds is 1. The van der Waals surface area contributed by atoms with Crippen LogP contribution >= 0.6 is 0 Å². The lowest BCUT2D eigenvalue weighted by Crippen LogP contribution is -2.07. The lowest BCUT2D eigenvalue weighted by molar-refractivity contribution is 1.08. The van der Waals surface area contributed by atoms with Crippen LogP contribution in [-0.2, 0) is 0 Å². The molecule has 2 heterocycles. The Balaban J connectivity index is 2.48. The molecular formula is C9H7N3O. The minimum atomic E-state index is -0.335. The molecule has 13 heavy (non-hydrogen) atoms. The third-order valence-corrected chi connectivity index (χ3v) is 1.69. The minimum absolute atomic E-state index is 0.335. The number of hydrogen-bond acceptors (Lipinski definition) is 3. The zero-order valence-corrected chi connectivity index (χ0v) is 6.77. The maximum Gasteiger partial charge on any atom is 0.344 e. The summed E-state index contributed by atoms with van der Waals surface area (Å²) in [5.74, 6) is 0. The van der Waals surface area contributed by atoms with E-state index in [1.54, 1.807) is 18.6 Å². The van der Waals surface area contributed by atoms with Crippen LogP contribution in [0, 0.1) is 0 Å². The van der Waals surface area contributed by atoms with Crippen LogP contribution in [0.2, 0.25) is 0 Å². The van der Waals surface area contributed by atoms with Gasteiger partial charge in [-0.05, 0) is 17.7 Å². The first kappa shape index (κ1) is 7.67. The number of aromatic nitrogens is 3. The first-order chi connectivity index (χ1) is 6.36. The van der Waals surface area contributed by atoms with E-state index in [2.05, 4.69) is 15.0 Å². The monoisotopic (exact) mass is 173 g/mol. The molecule has 64 valence electrons. The lowest BCUT2D eigenvalue weighted by Gasteiger charge is -1.97. The summed E-state index contributed by atoms with van der Waals surface area (Å²) in [6.07, 6.45) is 6.56. The molecule has 2 aromatic rings. The predicted octanol–water partition coefficient (Wildman–Crippen LogP) is 0.832. The maximum absolute atomic E-state index is 10.7. The van der Waals surface area contributed by atoms with Gasteiger partial charge in [0.05, 0.1) is 0 Å². The van der Waals surface area contributed by atoms with Crippen molar-refractivity contribution in [2.24, 2.45) is 0 Å². The molecule has 0 aromatic carbocycles. The normalized spacial score (nSPS) is 9.85. The molecule has 0 radical (unpaired) electrons. The second kappa shape index (κ2) is 3.18. The van der Waals surface area contributed by atoms with E-state index in [9.17, 15) is 4.79 Å². The van der Waals surface area contributed by atoms with Gasteiger partial charge in [-0.15, -0.1) is 0 Å². The predicted molar refractivity (Wildman–Crippen MR) is 48.1 cm³/mol. The van der Waals surface area contributed by atoms with Gasteiger partial charge in [-0.2, -0.15) is 0 Å². The van der Waals surface area contributed by atoms with Crippen LogP contribution in [0.5, 0.6) is 0 Å². The average Bonchev–Trinajstić information content (AvgIpc) is 2.20. The first-order valence-corrected chi connectivity index (χ1v) is 3.81. The summed E-state index contributed by atoms with van der Waals surface area (Å²) < 4.78 is 0. The highest BCUT2D eigenvalue weighted by atomic mass is 16.1. The summed E-state index contributed by atoms with van der Waals surface area (Å²) in [6.45, 7) is 0. The third kappa shape index (κ3) is 1.61. The van der Waals surface area contributed by atoms with Gasteiger partial charge in [0.25, 0.3) is 0 Å².